The van der Waals surface area contributed by atoms with Crippen LogP contribution in [0.15, 0.2) is 47.5 Å². The van der Waals surface area contributed by atoms with E-state index in [0.29, 0.717) is 35.7 Å². The third kappa shape index (κ3) is 4.01. The summed E-state index contributed by atoms with van der Waals surface area (Å²) >= 11 is 1.34. The number of benzene rings is 2. The van der Waals surface area contributed by atoms with Crippen LogP contribution in [0.5, 0.6) is 5.75 Å². The topological polar surface area (TPSA) is 90.2 Å². The van der Waals surface area contributed by atoms with Crippen molar-refractivity contribution in [2.45, 2.75) is 13.5 Å². The number of hydrogen-bond acceptors (Lipinski definition) is 6. The molecule has 8 nitrogen and oxygen atoms in total. The van der Waals surface area contributed by atoms with E-state index in [0.717, 1.165) is 20.9 Å². The van der Waals surface area contributed by atoms with Crippen LogP contribution < -0.4 is 9.54 Å². The molecule has 2 aromatic carbocycles. The number of fused-ring (bicyclic) bond motifs is 2. The average molecular weight is 439 g/mol. The fraction of sp³-hybridized carbons (Fsp3) is 0.273. The van der Waals surface area contributed by atoms with Gasteiger partial charge in [-0.2, -0.15) is 4.99 Å². The molecule has 0 spiro atoms. The van der Waals surface area contributed by atoms with E-state index in [1.807, 2.05) is 29.7 Å². The molecule has 31 heavy (non-hydrogen) atoms. The van der Waals surface area contributed by atoms with Crippen LogP contribution in [0.4, 0.5) is 0 Å². The predicted molar refractivity (Wildman–Crippen MR) is 115 cm³/mol. The molecule has 0 atom stereocenters. The molecular formula is C22H21N3O5S. The Morgan fingerprint density at radius 2 is 1.81 bits per heavy atom. The number of methoxy groups -OCH3 is 1. The SMILES string of the molecule is CCOc1ccc2c(c1)sc(=NC(=O)CN1C(=O)c3ccccc3C1=O)n2CCOC. The molecule has 2 heterocycles. The number of amides is 3. The maximum atomic E-state index is 12.7. The highest BCUT2D eigenvalue weighted by Crippen LogP contribution is 2.24. The summed E-state index contributed by atoms with van der Waals surface area (Å²) < 4.78 is 13.6. The summed E-state index contributed by atoms with van der Waals surface area (Å²) in [4.78, 5) is 43.4. The summed E-state index contributed by atoms with van der Waals surface area (Å²) in [5.41, 5.74) is 1.51. The molecule has 0 unspecified atom stereocenters. The number of ether oxygens (including phenoxy) is 2. The third-order valence-corrected chi connectivity index (χ3v) is 5.92. The molecule has 3 amide bonds. The number of rotatable bonds is 7. The van der Waals surface area contributed by atoms with Crippen LogP contribution in [0.3, 0.4) is 0 Å². The quantitative estimate of drug-likeness (QED) is 0.528. The maximum absolute atomic E-state index is 12.7. The number of thiazole rings is 1. The second-order valence-corrected chi connectivity index (χ2v) is 7.85. The average Bonchev–Trinajstić information content (AvgIpc) is 3.22. The van der Waals surface area contributed by atoms with Gasteiger partial charge in [-0.25, -0.2) is 0 Å². The molecule has 0 radical (unpaired) electrons. The molecule has 9 heteroatoms. The summed E-state index contributed by atoms with van der Waals surface area (Å²) in [6, 6.07) is 12.2. The molecular weight excluding hydrogens is 418 g/mol. The highest BCUT2D eigenvalue weighted by Gasteiger charge is 2.36. The number of nitrogens with zero attached hydrogens (tertiary/aromatic N) is 3. The van der Waals surface area contributed by atoms with Crippen molar-refractivity contribution >= 4 is 39.3 Å². The second-order valence-electron chi connectivity index (χ2n) is 6.84. The van der Waals surface area contributed by atoms with E-state index in [1.165, 1.54) is 11.3 Å². The van der Waals surface area contributed by atoms with Gasteiger partial charge in [-0.15, -0.1) is 0 Å². The Bertz CT molecular complexity index is 1210. The van der Waals surface area contributed by atoms with Gasteiger partial charge < -0.3 is 14.0 Å². The van der Waals surface area contributed by atoms with E-state index in [9.17, 15) is 14.4 Å². The Kier molecular flexibility index (Phi) is 5.97. The second kappa shape index (κ2) is 8.83. The van der Waals surface area contributed by atoms with Crippen LogP contribution in [-0.4, -0.2) is 54.1 Å². The van der Waals surface area contributed by atoms with Crippen molar-refractivity contribution in [2.24, 2.45) is 4.99 Å². The van der Waals surface area contributed by atoms with Gasteiger partial charge in [0, 0.05) is 13.7 Å². The Labute approximate surface area is 182 Å². The standard InChI is InChI=1S/C22H21N3O5S/c1-3-30-14-8-9-17-18(12-14)31-22(24(17)10-11-29-2)23-19(26)13-25-20(27)15-6-4-5-7-16(15)21(25)28/h4-9,12H,3,10-11,13H2,1-2H3. The molecule has 0 bridgehead atoms. The summed E-state index contributed by atoms with van der Waals surface area (Å²) in [5, 5.41) is 0. The molecule has 1 aliphatic rings. The van der Waals surface area contributed by atoms with Gasteiger partial charge in [-0.05, 0) is 37.3 Å². The molecule has 3 aromatic rings. The van der Waals surface area contributed by atoms with Gasteiger partial charge in [0.2, 0.25) is 0 Å². The summed E-state index contributed by atoms with van der Waals surface area (Å²) in [7, 11) is 1.60. The van der Waals surface area contributed by atoms with E-state index < -0.39 is 24.3 Å². The third-order valence-electron chi connectivity index (χ3n) is 4.88. The van der Waals surface area contributed by atoms with E-state index in [-0.39, 0.29) is 0 Å². The Morgan fingerprint density at radius 3 is 2.45 bits per heavy atom. The predicted octanol–water partition coefficient (Wildman–Crippen LogP) is 2.47. The zero-order chi connectivity index (χ0) is 22.0. The smallest absolute Gasteiger partial charge is 0.268 e. The van der Waals surface area contributed by atoms with E-state index >= 15 is 0 Å². The first-order chi connectivity index (χ1) is 15.0. The van der Waals surface area contributed by atoms with Crippen molar-refractivity contribution in [1.29, 1.82) is 0 Å². The van der Waals surface area contributed by atoms with Crippen LogP contribution in [0.25, 0.3) is 10.2 Å². The largest absolute Gasteiger partial charge is 0.494 e. The van der Waals surface area contributed by atoms with Crippen molar-refractivity contribution in [3.8, 4) is 5.75 Å². The lowest BCUT2D eigenvalue weighted by Crippen LogP contribution is -2.35. The molecule has 1 aromatic heterocycles. The van der Waals surface area contributed by atoms with Crippen LogP contribution in [0.2, 0.25) is 0 Å². The fourth-order valence-electron chi connectivity index (χ4n) is 3.45. The Hall–Kier alpha value is -3.30. The van der Waals surface area contributed by atoms with Crippen LogP contribution >= 0.6 is 11.3 Å². The molecule has 0 saturated heterocycles. The van der Waals surface area contributed by atoms with Crippen LogP contribution in [0.1, 0.15) is 27.6 Å². The fourth-order valence-corrected chi connectivity index (χ4v) is 4.56. The highest BCUT2D eigenvalue weighted by molar-refractivity contribution is 7.16. The van der Waals surface area contributed by atoms with Crippen molar-refractivity contribution < 1.29 is 23.9 Å². The number of aromatic nitrogens is 1. The number of carbonyl (C=O) groups excluding carboxylic acids is 3. The molecule has 4 rings (SSSR count). The van der Waals surface area contributed by atoms with E-state index in [2.05, 4.69) is 4.99 Å². The monoisotopic (exact) mass is 439 g/mol. The highest BCUT2D eigenvalue weighted by atomic mass is 32.1. The minimum Gasteiger partial charge on any atom is -0.494 e. The van der Waals surface area contributed by atoms with Gasteiger partial charge in [0.1, 0.15) is 12.3 Å². The normalized spacial score (nSPS) is 13.9. The molecule has 0 fully saturated rings. The minimum atomic E-state index is -0.572. The van der Waals surface area contributed by atoms with Gasteiger partial charge >= 0.3 is 0 Å². The molecule has 0 saturated carbocycles. The van der Waals surface area contributed by atoms with Gasteiger partial charge in [-0.1, -0.05) is 23.5 Å². The lowest BCUT2D eigenvalue weighted by atomic mass is 10.1. The first kappa shape index (κ1) is 21.0. The number of hydrogen-bond donors (Lipinski definition) is 0. The van der Waals surface area contributed by atoms with E-state index in [4.69, 9.17) is 9.47 Å². The van der Waals surface area contributed by atoms with Gasteiger partial charge in [0.05, 0.1) is 34.6 Å². The molecule has 0 N–H and O–H groups in total. The first-order valence-electron chi connectivity index (χ1n) is 9.81. The van der Waals surface area contributed by atoms with Crippen LogP contribution in [-0.2, 0) is 16.1 Å². The van der Waals surface area contributed by atoms with Gasteiger partial charge in [0.15, 0.2) is 4.80 Å². The molecule has 0 aliphatic carbocycles. The zero-order valence-corrected chi connectivity index (χ0v) is 18.0. The van der Waals surface area contributed by atoms with Crippen molar-refractivity contribution in [3.05, 3.63) is 58.4 Å². The van der Waals surface area contributed by atoms with Crippen LogP contribution in [0, 0.1) is 0 Å². The zero-order valence-electron chi connectivity index (χ0n) is 17.2. The van der Waals surface area contributed by atoms with Crippen molar-refractivity contribution in [1.82, 2.24) is 9.47 Å². The maximum Gasteiger partial charge on any atom is 0.268 e. The molecule has 1 aliphatic heterocycles. The van der Waals surface area contributed by atoms with E-state index in [1.54, 1.807) is 31.4 Å². The minimum absolute atomic E-state index is 0.306. The Morgan fingerprint density at radius 1 is 1.10 bits per heavy atom. The summed E-state index contributed by atoms with van der Waals surface area (Å²) in [6.07, 6.45) is 0. The summed E-state index contributed by atoms with van der Waals surface area (Å²) in [6.45, 7) is 3.00. The Balaban J connectivity index is 1.65. The molecule has 160 valence electrons. The van der Waals surface area contributed by atoms with Crippen molar-refractivity contribution in [2.75, 3.05) is 26.9 Å². The van der Waals surface area contributed by atoms with Crippen molar-refractivity contribution in [3.63, 3.8) is 0 Å². The lowest BCUT2D eigenvalue weighted by Gasteiger charge is -2.10. The summed E-state index contributed by atoms with van der Waals surface area (Å²) in [5.74, 6) is -0.792. The lowest BCUT2D eigenvalue weighted by molar-refractivity contribution is -0.118. The number of imide groups is 1. The van der Waals surface area contributed by atoms with Gasteiger partial charge in [0.25, 0.3) is 17.7 Å². The first-order valence-corrected chi connectivity index (χ1v) is 10.6. The number of carbonyl (C=O) groups is 3. The van der Waals surface area contributed by atoms with Gasteiger partial charge in [-0.3, -0.25) is 19.3 Å².